The second kappa shape index (κ2) is 5.94. The summed E-state index contributed by atoms with van der Waals surface area (Å²) in [6.07, 6.45) is 9.37. The summed E-state index contributed by atoms with van der Waals surface area (Å²) in [6, 6.07) is 12.1. The first-order valence-corrected chi connectivity index (χ1v) is 9.27. The zero-order valence-electron chi connectivity index (χ0n) is 14.1. The van der Waals surface area contributed by atoms with Gasteiger partial charge in [-0.15, -0.1) is 0 Å². The highest BCUT2D eigenvalue weighted by atomic mass is 16.2. The second-order valence-electron chi connectivity index (χ2n) is 7.85. The molecule has 0 aromatic heterocycles. The molecular formula is C20H28N2O. The topological polar surface area (TPSA) is 32.3 Å². The summed E-state index contributed by atoms with van der Waals surface area (Å²) in [4.78, 5) is 15.7. The van der Waals surface area contributed by atoms with E-state index in [-0.39, 0.29) is 11.3 Å². The van der Waals surface area contributed by atoms with Crippen LogP contribution in [-0.4, -0.2) is 36.0 Å². The van der Waals surface area contributed by atoms with Crippen molar-refractivity contribution >= 4 is 5.91 Å². The van der Waals surface area contributed by atoms with Crippen LogP contribution in [0.1, 0.15) is 56.9 Å². The molecule has 2 aliphatic heterocycles. The minimum absolute atomic E-state index is 0.250. The smallest absolute Gasteiger partial charge is 0.230 e. The largest absolute Gasteiger partial charge is 0.352 e. The summed E-state index contributed by atoms with van der Waals surface area (Å²) >= 11 is 0. The van der Waals surface area contributed by atoms with Gasteiger partial charge in [-0.2, -0.15) is 0 Å². The highest BCUT2D eigenvalue weighted by molar-refractivity contribution is 5.89. The van der Waals surface area contributed by atoms with E-state index < -0.39 is 0 Å². The third kappa shape index (κ3) is 2.59. The van der Waals surface area contributed by atoms with Gasteiger partial charge in [-0.1, -0.05) is 43.2 Å². The third-order valence-corrected chi connectivity index (χ3v) is 6.64. The van der Waals surface area contributed by atoms with Crippen LogP contribution in [0.3, 0.4) is 0 Å². The summed E-state index contributed by atoms with van der Waals surface area (Å²) in [6.45, 7) is 0. The molecule has 2 saturated heterocycles. The fourth-order valence-corrected chi connectivity index (χ4v) is 4.99. The van der Waals surface area contributed by atoms with Crippen LogP contribution < -0.4 is 5.32 Å². The normalized spacial score (nSPS) is 32.8. The fourth-order valence-electron chi connectivity index (χ4n) is 4.99. The molecule has 0 radical (unpaired) electrons. The van der Waals surface area contributed by atoms with Crippen LogP contribution in [-0.2, 0) is 10.2 Å². The van der Waals surface area contributed by atoms with Gasteiger partial charge in [0.1, 0.15) is 0 Å². The number of fused-ring (bicyclic) bond motifs is 2. The van der Waals surface area contributed by atoms with Crippen LogP contribution in [0.25, 0.3) is 0 Å². The van der Waals surface area contributed by atoms with E-state index in [9.17, 15) is 4.79 Å². The van der Waals surface area contributed by atoms with E-state index in [1.165, 1.54) is 31.2 Å². The molecular weight excluding hydrogens is 284 g/mol. The van der Waals surface area contributed by atoms with Gasteiger partial charge in [-0.3, -0.25) is 4.79 Å². The summed E-state index contributed by atoms with van der Waals surface area (Å²) < 4.78 is 0. The van der Waals surface area contributed by atoms with Gasteiger partial charge in [-0.05, 0) is 51.1 Å². The lowest BCUT2D eigenvalue weighted by Gasteiger charge is -2.48. The van der Waals surface area contributed by atoms with E-state index in [4.69, 9.17) is 0 Å². The maximum atomic E-state index is 13.1. The molecule has 2 bridgehead atoms. The molecule has 3 fully saturated rings. The molecule has 2 atom stereocenters. The van der Waals surface area contributed by atoms with Gasteiger partial charge in [0.25, 0.3) is 0 Å². The number of nitrogens with zero attached hydrogens (tertiary/aromatic N) is 1. The Kier molecular flexibility index (Phi) is 3.92. The van der Waals surface area contributed by atoms with Gasteiger partial charge >= 0.3 is 0 Å². The first-order valence-electron chi connectivity index (χ1n) is 9.27. The van der Waals surface area contributed by atoms with Crippen molar-refractivity contribution in [2.45, 2.75) is 74.9 Å². The zero-order chi connectivity index (χ0) is 15.9. The SMILES string of the molecule is CN1C2CCCC1CC(NC(=O)C1(c3ccccc3)CCC1)C2. The predicted molar refractivity (Wildman–Crippen MR) is 92.3 cm³/mol. The quantitative estimate of drug-likeness (QED) is 0.929. The van der Waals surface area contributed by atoms with Gasteiger partial charge in [0.2, 0.25) is 5.91 Å². The number of benzene rings is 1. The Labute approximate surface area is 139 Å². The maximum Gasteiger partial charge on any atom is 0.230 e. The Balaban J connectivity index is 1.47. The average Bonchev–Trinajstić information content (AvgIpc) is 2.48. The Morgan fingerprint density at radius 3 is 2.30 bits per heavy atom. The summed E-state index contributed by atoms with van der Waals surface area (Å²) in [5.74, 6) is 0.280. The molecule has 23 heavy (non-hydrogen) atoms. The van der Waals surface area contributed by atoms with E-state index in [0.717, 1.165) is 25.7 Å². The van der Waals surface area contributed by atoms with Gasteiger partial charge < -0.3 is 10.2 Å². The molecule has 0 spiro atoms. The predicted octanol–water partition coefficient (Wildman–Crippen LogP) is 3.24. The van der Waals surface area contributed by atoms with Crippen LogP contribution in [0.5, 0.6) is 0 Å². The van der Waals surface area contributed by atoms with Crippen LogP contribution >= 0.6 is 0 Å². The third-order valence-electron chi connectivity index (χ3n) is 6.64. The minimum atomic E-state index is -0.250. The standard InChI is InChI=1S/C20H28N2O/c1-22-17-9-5-10-18(22)14-16(13-17)21-19(23)20(11-6-12-20)15-7-3-2-4-8-15/h2-4,7-8,16-18H,5-6,9-14H2,1H3,(H,21,23). The summed E-state index contributed by atoms with van der Waals surface area (Å²) in [7, 11) is 2.27. The molecule has 1 aliphatic carbocycles. The minimum Gasteiger partial charge on any atom is -0.352 e. The van der Waals surface area contributed by atoms with Crippen LogP contribution in [0, 0.1) is 0 Å². The van der Waals surface area contributed by atoms with Crippen molar-refractivity contribution in [1.29, 1.82) is 0 Å². The van der Waals surface area contributed by atoms with Gasteiger partial charge in [-0.25, -0.2) is 0 Å². The van der Waals surface area contributed by atoms with Crippen molar-refractivity contribution < 1.29 is 4.79 Å². The van der Waals surface area contributed by atoms with Crippen LogP contribution in [0.2, 0.25) is 0 Å². The first kappa shape index (κ1) is 15.2. The molecule has 1 saturated carbocycles. The molecule has 1 aromatic carbocycles. The van der Waals surface area contributed by atoms with Crippen molar-refractivity contribution in [3.63, 3.8) is 0 Å². The Hall–Kier alpha value is -1.35. The van der Waals surface area contributed by atoms with E-state index in [2.05, 4.69) is 41.5 Å². The average molecular weight is 312 g/mol. The number of amides is 1. The molecule has 4 rings (SSSR count). The number of hydrogen-bond acceptors (Lipinski definition) is 2. The van der Waals surface area contributed by atoms with E-state index in [0.29, 0.717) is 18.1 Å². The van der Waals surface area contributed by atoms with Gasteiger partial charge in [0.15, 0.2) is 0 Å². The lowest BCUT2D eigenvalue weighted by atomic mass is 9.63. The molecule has 1 N–H and O–H groups in total. The second-order valence-corrected chi connectivity index (χ2v) is 7.85. The molecule has 1 aromatic rings. The maximum absolute atomic E-state index is 13.1. The van der Waals surface area contributed by atoms with Crippen molar-refractivity contribution in [2.24, 2.45) is 0 Å². The highest BCUT2D eigenvalue weighted by Gasteiger charge is 2.47. The van der Waals surface area contributed by atoms with Gasteiger partial charge in [0, 0.05) is 18.1 Å². The number of hydrogen-bond donors (Lipinski definition) is 1. The lowest BCUT2D eigenvalue weighted by Crippen LogP contribution is -2.58. The zero-order valence-corrected chi connectivity index (χ0v) is 14.1. The number of carbonyl (C=O) groups is 1. The summed E-state index contributed by atoms with van der Waals surface area (Å²) in [5, 5.41) is 3.44. The molecule has 2 heterocycles. The Morgan fingerprint density at radius 1 is 1.09 bits per heavy atom. The monoisotopic (exact) mass is 312 g/mol. The van der Waals surface area contributed by atoms with E-state index in [1.54, 1.807) is 0 Å². The number of carbonyl (C=O) groups excluding carboxylic acids is 1. The fraction of sp³-hybridized carbons (Fsp3) is 0.650. The molecule has 2 unspecified atom stereocenters. The Morgan fingerprint density at radius 2 is 1.74 bits per heavy atom. The van der Waals surface area contributed by atoms with E-state index in [1.807, 2.05) is 6.07 Å². The van der Waals surface area contributed by atoms with Crippen molar-refractivity contribution in [3.05, 3.63) is 35.9 Å². The van der Waals surface area contributed by atoms with Crippen molar-refractivity contribution in [1.82, 2.24) is 10.2 Å². The van der Waals surface area contributed by atoms with E-state index >= 15 is 0 Å². The van der Waals surface area contributed by atoms with Crippen molar-refractivity contribution in [3.8, 4) is 0 Å². The van der Waals surface area contributed by atoms with Crippen molar-refractivity contribution in [2.75, 3.05) is 7.05 Å². The lowest BCUT2D eigenvalue weighted by molar-refractivity contribution is -0.131. The number of nitrogens with one attached hydrogen (secondary N) is 1. The molecule has 3 heteroatoms. The molecule has 124 valence electrons. The highest BCUT2D eigenvalue weighted by Crippen LogP contribution is 2.44. The molecule has 1 amide bonds. The first-order chi connectivity index (χ1) is 11.2. The van der Waals surface area contributed by atoms with Gasteiger partial charge in [0.05, 0.1) is 5.41 Å². The van der Waals surface area contributed by atoms with Crippen LogP contribution in [0.4, 0.5) is 0 Å². The Bertz CT molecular complexity index is 552. The van der Waals surface area contributed by atoms with Crippen LogP contribution in [0.15, 0.2) is 30.3 Å². The number of rotatable bonds is 3. The molecule has 3 nitrogen and oxygen atoms in total. The summed E-state index contributed by atoms with van der Waals surface area (Å²) in [5.41, 5.74) is 0.955. The molecule has 3 aliphatic rings. The number of piperidine rings is 2.